The van der Waals surface area contributed by atoms with Gasteiger partial charge in [0.1, 0.15) is 11.5 Å². The number of hydrogen-bond donors (Lipinski definition) is 3. The molecule has 0 radical (unpaired) electrons. The largest absolute Gasteiger partial charge is 0.573 e. The van der Waals surface area contributed by atoms with Crippen LogP contribution in [-0.4, -0.2) is 36.8 Å². The average molecular weight is 468 g/mol. The van der Waals surface area contributed by atoms with Crippen LogP contribution in [0.5, 0.6) is 11.5 Å². The molecule has 0 unspecified atom stereocenters. The monoisotopic (exact) mass is 468 g/mol. The van der Waals surface area contributed by atoms with Gasteiger partial charge in [0.25, 0.3) is 0 Å². The van der Waals surface area contributed by atoms with Crippen LogP contribution in [0.4, 0.5) is 23.7 Å². The summed E-state index contributed by atoms with van der Waals surface area (Å²) in [5, 5.41) is 14.8. The maximum atomic E-state index is 12.6. The molecule has 2 aromatic rings. The Bertz CT molecular complexity index is 916. The first-order chi connectivity index (χ1) is 15.8. The number of alkyl halides is 3. The van der Waals surface area contributed by atoms with E-state index in [1.165, 1.54) is 7.11 Å². The number of nitrogens with one attached hydrogen (secondary N) is 2. The first-order valence-corrected chi connectivity index (χ1v) is 10.6. The molecule has 3 N–H and O–H groups in total. The molecule has 0 saturated heterocycles. The van der Waals surface area contributed by atoms with Gasteiger partial charge in [-0.3, -0.25) is 0 Å². The Labute approximate surface area is 189 Å². The summed E-state index contributed by atoms with van der Waals surface area (Å²) >= 11 is 0. The number of carbonyl (C=O) groups excluding carboxylic acids is 1. The highest BCUT2D eigenvalue weighted by atomic mass is 19.4. The quantitative estimate of drug-likeness (QED) is 0.521. The molecule has 0 spiro atoms. The van der Waals surface area contributed by atoms with E-state index in [-0.39, 0.29) is 29.1 Å². The van der Waals surface area contributed by atoms with Crippen LogP contribution in [0.2, 0.25) is 0 Å². The number of benzene rings is 2. The summed E-state index contributed by atoms with van der Waals surface area (Å²) < 4.78 is 52.9. The smallest absolute Gasteiger partial charge is 0.494 e. The third kappa shape index (κ3) is 7.54. The van der Waals surface area contributed by atoms with E-state index in [2.05, 4.69) is 15.4 Å². The number of carbonyl (C=O) groups is 1. The van der Waals surface area contributed by atoms with E-state index in [4.69, 9.17) is 9.47 Å². The molecule has 2 aromatic carbocycles. The molecule has 3 rings (SSSR count). The average Bonchev–Trinajstić information content (AvgIpc) is 2.78. The third-order valence-electron chi connectivity index (χ3n) is 5.33. The summed E-state index contributed by atoms with van der Waals surface area (Å²) in [5.41, 5.74) is 1.11. The fourth-order valence-electron chi connectivity index (χ4n) is 3.81. The number of halogens is 3. The van der Waals surface area contributed by atoms with Gasteiger partial charge in [-0.1, -0.05) is 30.3 Å². The Morgan fingerprint density at radius 3 is 2.42 bits per heavy atom. The molecule has 0 heterocycles. The maximum absolute atomic E-state index is 12.6. The first-order valence-electron chi connectivity index (χ1n) is 10.6. The summed E-state index contributed by atoms with van der Waals surface area (Å²) in [5.74, 6) is -0.515. The Morgan fingerprint density at radius 1 is 1.12 bits per heavy atom. The van der Waals surface area contributed by atoms with E-state index in [1.807, 2.05) is 30.3 Å². The predicted octanol–water partition coefficient (Wildman–Crippen LogP) is 4.74. The highest BCUT2D eigenvalue weighted by Gasteiger charge is 2.32. The van der Waals surface area contributed by atoms with Crippen molar-refractivity contribution < 1.29 is 37.3 Å². The summed E-state index contributed by atoms with van der Waals surface area (Å²) in [6, 6.07) is 11.2. The van der Waals surface area contributed by atoms with Crippen LogP contribution in [0, 0.1) is 0 Å². The lowest BCUT2D eigenvalue weighted by molar-refractivity contribution is -0.274. The van der Waals surface area contributed by atoms with Gasteiger partial charge in [0.05, 0.1) is 32.1 Å². The molecule has 0 atom stereocenters. The second-order valence-electron chi connectivity index (χ2n) is 7.74. The van der Waals surface area contributed by atoms with E-state index >= 15 is 0 Å². The van der Waals surface area contributed by atoms with Gasteiger partial charge < -0.3 is 30.0 Å². The van der Waals surface area contributed by atoms with Gasteiger partial charge in [-0.2, -0.15) is 0 Å². The third-order valence-corrected chi connectivity index (χ3v) is 5.33. The van der Waals surface area contributed by atoms with E-state index in [0.717, 1.165) is 30.5 Å². The van der Waals surface area contributed by atoms with Crippen molar-refractivity contribution in [2.45, 2.75) is 57.4 Å². The van der Waals surface area contributed by atoms with Crippen molar-refractivity contribution in [1.29, 1.82) is 0 Å². The van der Waals surface area contributed by atoms with Gasteiger partial charge in [0, 0.05) is 17.7 Å². The van der Waals surface area contributed by atoms with Crippen molar-refractivity contribution in [3.05, 3.63) is 53.6 Å². The van der Waals surface area contributed by atoms with E-state index < -0.39 is 24.7 Å². The van der Waals surface area contributed by atoms with Crippen molar-refractivity contribution in [3.8, 4) is 11.5 Å². The molecule has 1 aliphatic rings. The van der Waals surface area contributed by atoms with Crippen LogP contribution in [-0.2, 0) is 18.0 Å². The molecule has 10 heteroatoms. The molecule has 2 amide bonds. The number of amides is 2. The van der Waals surface area contributed by atoms with Crippen LogP contribution < -0.4 is 20.1 Å². The van der Waals surface area contributed by atoms with Crippen molar-refractivity contribution in [2.24, 2.45) is 0 Å². The number of aliphatic hydroxyl groups excluding tert-OH is 1. The van der Waals surface area contributed by atoms with Crippen LogP contribution in [0.25, 0.3) is 0 Å². The molecule has 0 aromatic heterocycles. The number of rotatable bonds is 8. The number of urea groups is 1. The lowest BCUT2D eigenvalue weighted by Gasteiger charge is -2.29. The zero-order valence-corrected chi connectivity index (χ0v) is 18.2. The second-order valence-corrected chi connectivity index (χ2v) is 7.74. The van der Waals surface area contributed by atoms with E-state index in [1.54, 1.807) is 0 Å². The fraction of sp³-hybridized carbons (Fsp3) is 0.435. The van der Waals surface area contributed by atoms with Gasteiger partial charge in [-0.15, -0.1) is 13.2 Å². The Balaban J connectivity index is 1.54. The van der Waals surface area contributed by atoms with Gasteiger partial charge in [-0.05, 0) is 37.3 Å². The molecule has 1 saturated carbocycles. The number of anilines is 1. The van der Waals surface area contributed by atoms with Gasteiger partial charge in [-0.25, -0.2) is 4.79 Å². The normalized spacial score (nSPS) is 18.5. The topological polar surface area (TPSA) is 89.0 Å². The highest BCUT2D eigenvalue weighted by molar-refractivity contribution is 5.91. The lowest BCUT2D eigenvalue weighted by Crippen LogP contribution is -2.41. The Kier molecular flexibility index (Phi) is 8.40. The van der Waals surface area contributed by atoms with Crippen LogP contribution in [0.3, 0.4) is 0 Å². The van der Waals surface area contributed by atoms with Crippen LogP contribution in [0.15, 0.2) is 42.5 Å². The molecule has 0 aliphatic heterocycles. The summed E-state index contributed by atoms with van der Waals surface area (Å²) in [6.45, 7) is -0.0606. The summed E-state index contributed by atoms with van der Waals surface area (Å²) in [7, 11) is 1.29. The predicted molar refractivity (Wildman–Crippen MR) is 115 cm³/mol. The highest BCUT2D eigenvalue weighted by Crippen LogP contribution is 2.36. The minimum absolute atomic E-state index is 0.0410. The Hall–Kier alpha value is -2.98. The van der Waals surface area contributed by atoms with Gasteiger partial charge >= 0.3 is 12.4 Å². The molecule has 0 bridgehead atoms. The molecule has 1 fully saturated rings. The Morgan fingerprint density at radius 2 is 1.82 bits per heavy atom. The standard InChI is InChI=1S/C23H27F3N2O5/c1-31-21-16(13-29)11-19(33-23(24,25)26)12-20(21)28-22(30)27-17-7-9-18(10-8-17)32-14-15-5-3-2-4-6-15/h2-6,11-12,17-18,29H,7-10,13-14H2,1H3,(H2,27,28,30). The van der Waals surface area contributed by atoms with E-state index in [9.17, 15) is 23.1 Å². The molecule has 1 aliphatic carbocycles. The number of hydrogen-bond acceptors (Lipinski definition) is 5. The molecule has 180 valence electrons. The van der Waals surface area contributed by atoms with Crippen molar-refractivity contribution in [1.82, 2.24) is 5.32 Å². The maximum Gasteiger partial charge on any atom is 0.573 e. The number of aliphatic hydroxyl groups is 1. The minimum atomic E-state index is -4.91. The molecule has 7 nitrogen and oxygen atoms in total. The second kappa shape index (κ2) is 11.2. The number of methoxy groups -OCH3 is 1. The minimum Gasteiger partial charge on any atom is -0.494 e. The number of ether oxygens (including phenoxy) is 3. The van der Waals surface area contributed by atoms with Crippen LogP contribution in [0.1, 0.15) is 36.8 Å². The first kappa shape index (κ1) is 24.7. The zero-order chi connectivity index (χ0) is 23.8. The van der Waals surface area contributed by atoms with Crippen molar-refractivity contribution in [2.75, 3.05) is 12.4 Å². The van der Waals surface area contributed by atoms with Crippen molar-refractivity contribution >= 4 is 11.7 Å². The van der Waals surface area contributed by atoms with Crippen molar-refractivity contribution in [3.63, 3.8) is 0 Å². The molecule has 33 heavy (non-hydrogen) atoms. The zero-order valence-electron chi connectivity index (χ0n) is 18.2. The van der Waals surface area contributed by atoms with Gasteiger partial charge in [0.15, 0.2) is 0 Å². The van der Waals surface area contributed by atoms with Crippen LogP contribution >= 0.6 is 0 Å². The molecular formula is C23H27F3N2O5. The SMILES string of the molecule is COc1c(CO)cc(OC(F)(F)F)cc1NC(=O)NC1CCC(OCc2ccccc2)CC1. The summed E-state index contributed by atoms with van der Waals surface area (Å²) in [4.78, 5) is 12.5. The fourth-order valence-corrected chi connectivity index (χ4v) is 3.81. The van der Waals surface area contributed by atoms with Gasteiger partial charge in [0.2, 0.25) is 0 Å². The summed E-state index contributed by atoms with van der Waals surface area (Å²) in [6.07, 6.45) is -1.82. The lowest BCUT2D eigenvalue weighted by atomic mass is 9.93. The van der Waals surface area contributed by atoms with E-state index in [0.29, 0.717) is 19.4 Å². The molecular weight excluding hydrogens is 441 g/mol.